The SMILES string of the molecule is COC[C@H]1C[C@@H]1c1cc(Cl)nn2ccnc12. The summed E-state index contributed by atoms with van der Waals surface area (Å²) >= 11 is 5.99. The lowest BCUT2D eigenvalue weighted by Crippen LogP contribution is -1.98. The maximum absolute atomic E-state index is 5.99. The molecule has 2 atom stereocenters. The molecule has 4 nitrogen and oxygen atoms in total. The van der Waals surface area contributed by atoms with E-state index in [1.165, 1.54) is 5.56 Å². The van der Waals surface area contributed by atoms with E-state index in [0.29, 0.717) is 17.0 Å². The zero-order valence-corrected chi connectivity index (χ0v) is 9.68. The number of rotatable bonds is 3. The van der Waals surface area contributed by atoms with E-state index in [1.54, 1.807) is 17.8 Å². The molecule has 0 aromatic carbocycles. The number of hydrogen-bond acceptors (Lipinski definition) is 3. The molecule has 1 fully saturated rings. The lowest BCUT2D eigenvalue weighted by atomic mass is 10.1. The van der Waals surface area contributed by atoms with Gasteiger partial charge in [-0.15, -0.1) is 0 Å². The Kier molecular flexibility index (Phi) is 2.33. The molecular formula is C11H12ClN3O. The molecule has 2 aromatic heterocycles. The first-order valence-corrected chi connectivity index (χ1v) is 5.66. The highest BCUT2D eigenvalue weighted by atomic mass is 35.5. The maximum Gasteiger partial charge on any atom is 0.157 e. The second kappa shape index (κ2) is 3.71. The quantitative estimate of drug-likeness (QED) is 0.821. The molecular weight excluding hydrogens is 226 g/mol. The van der Waals surface area contributed by atoms with Crippen LogP contribution < -0.4 is 0 Å². The second-order valence-electron chi connectivity index (χ2n) is 4.18. The van der Waals surface area contributed by atoms with Crippen molar-refractivity contribution in [3.63, 3.8) is 0 Å². The predicted molar refractivity (Wildman–Crippen MR) is 60.7 cm³/mol. The molecule has 1 saturated carbocycles. The van der Waals surface area contributed by atoms with Crippen molar-refractivity contribution in [2.45, 2.75) is 12.3 Å². The van der Waals surface area contributed by atoms with Crippen molar-refractivity contribution in [3.05, 3.63) is 29.2 Å². The zero-order chi connectivity index (χ0) is 11.1. The first-order valence-electron chi connectivity index (χ1n) is 5.28. The highest BCUT2D eigenvalue weighted by Gasteiger charge is 2.40. The van der Waals surface area contributed by atoms with Gasteiger partial charge in [0.2, 0.25) is 0 Å². The number of halogens is 1. The average molecular weight is 238 g/mol. The molecule has 5 heteroatoms. The third-order valence-electron chi connectivity index (χ3n) is 3.06. The molecule has 0 radical (unpaired) electrons. The summed E-state index contributed by atoms with van der Waals surface area (Å²) in [6.45, 7) is 0.803. The maximum atomic E-state index is 5.99. The molecule has 0 saturated heterocycles. The van der Waals surface area contributed by atoms with Gasteiger partial charge in [-0.2, -0.15) is 5.10 Å². The third-order valence-corrected chi connectivity index (χ3v) is 3.25. The minimum Gasteiger partial charge on any atom is -0.384 e. The van der Waals surface area contributed by atoms with Crippen molar-refractivity contribution in [3.8, 4) is 0 Å². The van der Waals surface area contributed by atoms with Gasteiger partial charge in [-0.3, -0.25) is 0 Å². The van der Waals surface area contributed by atoms with Crippen molar-refractivity contribution in [1.82, 2.24) is 14.6 Å². The number of methoxy groups -OCH3 is 1. The fourth-order valence-electron chi connectivity index (χ4n) is 2.21. The van der Waals surface area contributed by atoms with Gasteiger partial charge in [-0.1, -0.05) is 11.6 Å². The van der Waals surface area contributed by atoms with Crippen molar-refractivity contribution >= 4 is 17.2 Å². The van der Waals surface area contributed by atoms with Gasteiger partial charge in [0, 0.05) is 31.7 Å². The monoisotopic (exact) mass is 237 g/mol. The number of ether oxygens (including phenoxy) is 1. The highest BCUT2D eigenvalue weighted by molar-refractivity contribution is 6.29. The Morgan fingerprint density at radius 3 is 3.31 bits per heavy atom. The number of fused-ring (bicyclic) bond motifs is 1. The molecule has 0 spiro atoms. The number of hydrogen-bond donors (Lipinski definition) is 0. The number of nitrogens with zero attached hydrogens (tertiary/aromatic N) is 3. The molecule has 2 heterocycles. The lowest BCUT2D eigenvalue weighted by Gasteiger charge is -2.03. The van der Waals surface area contributed by atoms with Crippen LogP contribution in [-0.2, 0) is 4.74 Å². The van der Waals surface area contributed by atoms with Crippen molar-refractivity contribution in [2.24, 2.45) is 5.92 Å². The van der Waals surface area contributed by atoms with Crippen LogP contribution >= 0.6 is 11.6 Å². The second-order valence-corrected chi connectivity index (χ2v) is 4.56. The minimum absolute atomic E-state index is 0.517. The van der Waals surface area contributed by atoms with Gasteiger partial charge < -0.3 is 4.74 Å². The summed E-state index contributed by atoms with van der Waals surface area (Å²) in [5.74, 6) is 1.12. The first kappa shape index (κ1) is 10.1. The van der Waals surface area contributed by atoms with Gasteiger partial charge in [0.25, 0.3) is 0 Å². The Bertz CT molecular complexity index is 525. The van der Waals surface area contributed by atoms with Crippen LogP contribution in [0, 0.1) is 5.92 Å². The third kappa shape index (κ3) is 1.58. The van der Waals surface area contributed by atoms with Crippen molar-refractivity contribution in [1.29, 1.82) is 0 Å². The molecule has 0 unspecified atom stereocenters. The van der Waals surface area contributed by atoms with Crippen LogP contribution in [0.15, 0.2) is 18.5 Å². The van der Waals surface area contributed by atoms with Crippen LogP contribution in [0.4, 0.5) is 0 Å². The van der Waals surface area contributed by atoms with E-state index in [9.17, 15) is 0 Å². The molecule has 1 aliphatic carbocycles. The molecule has 0 amide bonds. The van der Waals surface area contributed by atoms with Gasteiger partial charge in [0.15, 0.2) is 5.65 Å². The van der Waals surface area contributed by atoms with Gasteiger partial charge >= 0.3 is 0 Å². The standard InChI is InChI=1S/C11H12ClN3O/c1-16-6-7-4-8(7)9-5-10(12)14-15-3-2-13-11(9)15/h2-3,5,7-8H,4,6H2,1H3/t7-,8+/m1/s1. The summed E-state index contributed by atoms with van der Waals surface area (Å²) in [5.41, 5.74) is 2.10. The zero-order valence-electron chi connectivity index (χ0n) is 8.93. The smallest absolute Gasteiger partial charge is 0.157 e. The Labute approximate surface area is 98.2 Å². The molecule has 3 rings (SSSR count). The Balaban J connectivity index is 2.00. The van der Waals surface area contributed by atoms with Crippen LogP contribution in [0.1, 0.15) is 17.9 Å². The normalized spacial score (nSPS) is 23.9. The summed E-state index contributed by atoms with van der Waals surface area (Å²) < 4.78 is 6.90. The van der Waals surface area contributed by atoms with E-state index < -0.39 is 0 Å². The number of imidazole rings is 1. The molecule has 2 aromatic rings. The van der Waals surface area contributed by atoms with Crippen LogP contribution in [0.5, 0.6) is 0 Å². The fourth-order valence-corrected chi connectivity index (χ4v) is 2.41. The largest absolute Gasteiger partial charge is 0.384 e. The fraction of sp³-hybridized carbons (Fsp3) is 0.455. The van der Waals surface area contributed by atoms with Crippen molar-refractivity contribution in [2.75, 3.05) is 13.7 Å². The van der Waals surface area contributed by atoms with Crippen LogP contribution in [0.3, 0.4) is 0 Å². The van der Waals surface area contributed by atoms with Gasteiger partial charge in [-0.05, 0) is 24.3 Å². The first-order chi connectivity index (χ1) is 7.79. The number of aromatic nitrogens is 3. The van der Waals surface area contributed by atoms with Crippen LogP contribution in [0.25, 0.3) is 5.65 Å². The summed E-state index contributed by atoms with van der Waals surface area (Å²) in [4.78, 5) is 4.32. The average Bonchev–Trinajstić information content (AvgIpc) is 2.85. The minimum atomic E-state index is 0.517. The molecule has 0 bridgehead atoms. The summed E-state index contributed by atoms with van der Waals surface area (Å²) in [5, 5.41) is 4.68. The topological polar surface area (TPSA) is 39.4 Å². The van der Waals surface area contributed by atoms with E-state index in [-0.39, 0.29) is 0 Å². The van der Waals surface area contributed by atoms with Gasteiger partial charge in [0.05, 0.1) is 0 Å². The van der Waals surface area contributed by atoms with E-state index in [0.717, 1.165) is 18.7 Å². The Hall–Kier alpha value is -1.13. The summed E-state index contributed by atoms with van der Waals surface area (Å²) in [6, 6.07) is 1.92. The Morgan fingerprint density at radius 1 is 1.62 bits per heavy atom. The van der Waals surface area contributed by atoms with Crippen molar-refractivity contribution < 1.29 is 4.74 Å². The van der Waals surface area contributed by atoms with Gasteiger partial charge in [0.1, 0.15) is 5.15 Å². The molecule has 16 heavy (non-hydrogen) atoms. The molecule has 1 aliphatic rings. The highest BCUT2D eigenvalue weighted by Crippen LogP contribution is 2.48. The van der Waals surface area contributed by atoms with Crippen LogP contribution in [-0.4, -0.2) is 28.3 Å². The summed E-state index contributed by atoms with van der Waals surface area (Å²) in [7, 11) is 1.74. The summed E-state index contributed by atoms with van der Waals surface area (Å²) in [6.07, 6.45) is 4.71. The predicted octanol–water partition coefficient (Wildman–Crippen LogP) is 2.13. The van der Waals surface area contributed by atoms with Gasteiger partial charge in [-0.25, -0.2) is 9.50 Å². The van der Waals surface area contributed by atoms with E-state index >= 15 is 0 Å². The van der Waals surface area contributed by atoms with E-state index in [1.807, 2.05) is 12.3 Å². The van der Waals surface area contributed by atoms with Crippen LogP contribution in [0.2, 0.25) is 5.15 Å². The van der Waals surface area contributed by atoms with E-state index in [2.05, 4.69) is 10.1 Å². The van der Waals surface area contributed by atoms with E-state index in [4.69, 9.17) is 16.3 Å². The Morgan fingerprint density at radius 2 is 2.50 bits per heavy atom. The molecule has 0 N–H and O–H groups in total. The molecule has 0 aliphatic heterocycles. The lowest BCUT2D eigenvalue weighted by molar-refractivity contribution is 0.184. The molecule has 84 valence electrons.